The van der Waals surface area contributed by atoms with Gasteiger partial charge in [-0.1, -0.05) is 40.2 Å². The van der Waals surface area contributed by atoms with Crippen LogP contribution in [0.15, 0.2) is 59.1 Å². The molecule has 1 aliphatic carbocycles. The second-order valence-corrected chi connectivity index (χ2v) is 7.72. The van der Waals surface area contributed by atoms with Gasteiger partial charge in [0.15, 0.2) is 0 Å². The molecule has 3 atom stereocenters. The largest absolute Gasteiger partial charge is 0.395 e. The van der Waals surface area contributed by atoms with Crippen LogP contribution in [0.2, 0.25) is 0 Å². The number of carbonyl (C=O) groups excluding carboxylic acids is 1. The number of hydrogen-bond acceptors (Lipinski definition) is 3. The zero-order valence-electron chi connectivity index (χ0n) is 14.3. The van der Waals surface area contributed by atoms with Crippen LogP contribution in [0.4, 0.5) is 5.69 Å². The molecule has 4 nitrogen and oxygen atoms in total. The SMILES string of the molecule is O=C(NCCO)c1ccc2c(c1)[C@@H]1C=CC[C@@H]1[C@@H](c1ccc(Br)cc1)N2. The summed E-state index contributed by atoms with van der Waals surface area (Å²) < 4.78 is 1.08. The molecular formula is C21H21BrN2O2. The molecule has 2 aromatic rings. The number of benzene rings is 2. The fraction of sp³-hybridized carbons (Fsp3) is 0.286. The molecule has 0 radical (unpaired) electrons. The molecule has 1 amide bonds. The van der Waals surface area contributed by atoms with E-state index in [0.717, 1.165) is 16.6 Å². The zero-order chi connectivity index (χ0) is 18.1. The van der Waals surface area contributed by atoms with Crippen molar-refractivity contribution in [3.63, 3.8) is 0 Å². The van der Waals surface area contributed by atoms with E-state index in [1.54, 1.807) is 0 Å². The summed E-state index contributed by atoms with van der Waals surface area (Å²) in [5.41, 5.74) is 4.18. The number of rotatable bonds is 4. The Morgan fingerprint density at radius 2 is 2.04 bits per heavy atom. The van der Waals surface area contributed by atoms with Gasteiger partial charge in [0.2, 0.25) is 0 Å². The van der Waals surface area contributed by atoms with Crippen LogP contribution in [-0.4, -0.2) is 24.2 Å². The maximum Gasteiger partial charge on any atom is 0.251 e. The number of nitrogens with one attached hydrogen (secondary N) is 2. The number of fused-ring (bicyclic) bond motifs is 3. The molecule has 26 heavy (non-hydrogen) atoms. The Labute approximate surface area is 161 Å². The van der Waals surface area contributed by atoms with Gasteiger partial charge in [0.25, 0.3) is 5.91 Å². The predicted octanol–water partition coefficient (Wildman–Crippen LogP) is 4.00. The van der Waals surface area contributed by atoms with Gasteiger partial charge in [0, 0.05) is 28.2 Å². The lowest BCUT2D eigenvalue weighted by Crippen LogP contribution is -2.30. The van der Waals surface area contributed by atoms with E-state index in [-0.39, 0.29) is 25.1 Å². The molecule has 2 aromatic carbocycles. The zero-order valence-corrected chi connectivity index (χ0v) is 15.9. The molecule has 0 saturated carbocycles. The van der Waals surface area contributed by atoms with Crippen molar-refractivity contribution in [2.45, 2.75) is 18.4 Å². The highest BCUT2D eigenvalue weighted by atomic mass is 79.9. The van der Waals surface area contributed by atoms with Gasteiger partial charge in [-0.15, -0.1) is 0 Å². The topological polar surface area (TPSA) is 61.4 Å². The molecule has 0 bridgehead atoms. The first-order valence-electron chi connectivity index (χ1n) is 8.89. The number of anilines is 1. The van der Waals surface area contributed by atoms with E-state index < -0.39 is 0 Å². The Kier molecular flexibility index (Phi) is 4.83. The monoisotopic (exact) mass is 412 g/mol. The van der Waals surface area contributed by atoms with Crippen LogP contribution < -0.4 is 10.6 Å². The third kappa shape index (κ3) is 3.17. The number of aliphatic hydroxyl groups excluding tert-OH is 1. The minimum absolute atomic E-state index is 0.0550. The predicted molar refractivity (Wildman–Crippen MR) is 106 cm³/mol. The molecule has 1 aliphatic heterocycles. The van der Waals surface area contributed by atoms with Crippen LogP contribution in [0.5, 0.6) is 0 Å². The van der Waals surface area contributed by atoms with Crippen molar-refractivity contribution in [1.29, 1.82) is 0 Å². The van der Waals surface area contributed by atoms with Crippen molar-refractivity contribution in [2.75, 3.05) is 18.5 Å². The molecule has 0 saturated heterocycles. The number of allylic oxidation sites excluding steroid dienone is 2. The Hall–Kier alpha value is -2.11. The Morgan fingerprint density at radius 1 is 1.23 bits per heavy atom. The normalized spacial score (nSPS) is 23.1. The van der Waals surface area contributed by atoms with Crippen LogP contribution in [-0.2, 0) is 0 Å². The lowest BCUT2D eigenvalue weighted by molar-refractivity contribution is 0.0944. The molecule has 134 valence electrons. The first-order chi connectivity index (χ1) is 12.7. The van der Waals surface area contributed by atoms with E-state index >= 15 is 0 Å². The quantitative estimate of drug-likeness (QED) is 0.665. The van der Waals surface area contributed by atoms with Gasteiger partial charge in [-0.3, -0.25) is 4.79 Å². The summed E-state index contributed by atoms with van der Waals surface area (Å²) >= 11 is 3.50. The first-order valence-corrected chi connectivity index (χ1v) is 9.68. The van der Waals surface area contributed by atoms with Gasteiger partial charge in [-0.05, 0) is 53.8 Å². The van der Waals surface area contributed by atoms with Gasteiger partial charge < -0.3 is 15.7 Å². The van der Waals surface area contributed by atoms with E-state index in [1.165, 1.54) is 11.1 Å². The second kappa shape index (κ2) is 7.25. The van der Waals surface area contributed by atoms with E-state index in [2.05, 4.69) is 63.0 Å². The van der Waals surface area contributed by atoms with E-state index in [0.29, 0.717) is 17.4 Å². The Balaban J connectivity index is 1.66. The van der Waals surface area contributed by atoms with Crippen LogP contribution in [0.1, 0.15) is 39.9 Å². The lowest BCUT2D eigenvalue weighted by atomic mass is 9.76. The average molecular weight is 413 g/mol. The fourth-order valence-corrected chi connectivity index (χ4v) is 4.27. The number of carbonyl (C=O) groups is 1. The molecule has 4 rings (SSSR count). The highest BCUT2D eigenvalue weighted by Crippen LogP contribution is 2.49. The van der Waals surface area contributed by atoms with E-state index in [9.17, 15) is 4.79 Å². The van der Waals surface area contributed by atoms with Crippen molar-refractivity contribution in [1.82, 2.24) is 5.32 Å². The standard InChI is InChI=1S/C21H21BrN2O2/c22-15-7-4-13(5-8-15)20-17-3-1-2-16(17)18-12-14(6-9-19(18)24-20)21(26)23-10-11-25/h1-2,4-9,12,16-17,20,24-25H,3,10-11H2,(H,23,26)/t16-,17+,20-/m1/s1. The maximum atomic E-state index is 12.2. The smallest absolute Gasteiger partial charge is 0.251 e. The van der Waals surface area contributed by atoms with Gasteiger partial charge >= 0.3 is 0 Å². The fourth-order valence-electron chi connectivity index (χ4n) is 4.01. The van der Waals surface area contributed by atoms with E-state index in [1.807, 2.05) is 18.2 Å². The van der Waals surface area contributed by atoms with Gasteiger partial charge in [0.05, 0.1) is 12.6 Å². The molecule has 0 spiro atoms. The minimum atomic E-state index is -0.143. The molecular weight excluding hydrogens is 392 g/mol. The number of hydrogen-bond donors (Lipinski definition) is 3. The first kappa shape index (κ1) is 17.3. The van der Waals surface area contributed by atoms with Crippen LogP contribution >= 0.6 is 15.9 Å². The Bertz CT molecular complexity index is 848. The number of amides is 1. The number of halogens is 1. The van der Waals surface area contributed by atoms with Crippen molar-refractivity contribution < 1.29 is 9.90 Å². The van der Waals surface area contributed by atoms with Crippen LogP contribution in [0, 0.1) is 5.92 Å². The second-order valence-electron chi connectivity index (χ2n) is 6.81. The molecule has 2 aliphatic rings. The molecule has 0 fully saturated rings. The number of aliphatic hydroxyl groups is 1. The van der Waals surface area contributed by atoms with Gasteiger partial charge in [-0.2, -0.15) is 0 Å². The van der Waals surface area contributed by atoms with Gasteiger partial charge in [0.1, 0.15) is 0 Å². The summed E-state index contributed by atoms with van der Waals surface area (Å²) in [5.74, 6) is 0.611. The highest BCUT2D eigenvalue weighted by Gasteiger charge is 2.38. The van der Waals surface area contributed by atoms with Crippen LogP contribution in [0.25, 0.3) is 0 Å². The summed E-state index contributed by atoms with van der Waals surface area (Å²) in [4.78, 5) is 12.2. The third-order valence-corrected chi connectivity index (χ3v) is 5.78. The summed E-state index contributed by atoms with van der Waals surface area (Å²) in [6, 6.07) is 14.6. The summed E-state index contributed by atoms with van der Waals surface area (Å²) in [5, 5.41) is 15.3. The van der Waals surface area contributed by atoms with E-state index in [4.69, 9.17) is 5.11 Å². The van der Waals surface area contributed by atoms with Crippen LogP contribution in [0.3, 0.4) is 0 Å². The van der Waals surface area contributed by atoms with Crippen molar-refractivity contribution in [3.05, 3.63) is 75.8 Å². The summed E-state index contributed by atoms with van der Waals surface area (Å²) in [7, 11) is 0. The van der Waals surface area contributed by atoms with Crippen molar-refractivity contribution in [2.24, 2.45) is 5.92 Å². The average Bonchev–Trinajstić information content (AvgIpc) is 3.16. The molecule has 0 aromatic heterocycles. The molecule has 1 heterocycles. The minimum Gasteiger partial charge on any atom is -0.395 e. The third-order valence-electron chi connectivity index (χ3n) is 5.25. The molecule has 0 unspecified atom stereocenters. The van der Waals surface area contributed by atoms with Crippen molar-refractivity contribution in [3.8, 4) is 0 Å². The summed E-state index contributed by atoms with van der Waals surface area (Å²) in [6.45, 7) is 0.215. The Morgan fingerprint density at radius 3 is 2.81 bits per heavy atom. The molecule has 5 heteroatoms. The maximum absolute atomic E-state index is 12.2. The molecule has 3 N–H and O–H groups in total. The van der Waals surface area contributed by atoms with Gasteiger partial charge in [-0.25, -0.2) is 0 Å². The lowest BCUT2D eigenvalue weighted by Gasteiger charge is -2.37. The summed E-state index contributed by atoms with van der Waals surface area (Å²) in [6.07, 6.45) is 5.54. The highest BCUT2D eigenvalue weighted by molar-refractivity contribution is 9.10. The van der Waals surface area contributed by atoms with Crippen molar-refractivity contribution >= 4 is 27.5 Å².